The molecule has 0 bridgehead atoms. The third-order valence-electron chi connectivity index (χ3n) is 5.34. The van der Waals surface area contributed by atoms with Crippen LogP contribution in [0.25, 0.3) is 0 Å². The van der Waals surface area contributed by atoms with Gasteiger partial charge in [-0.05, 0) is 42.3 Å². The summed E-state index contributed by atoms with van der Waals surface area (Å²) < 4.78 is 33.6. The van der Waals surface area contributed by atoms with E-state index >= 15 is 0 Å². The van der Waals surface area contributed by atoms with Crippen LogP contribution in [0.1, 0.15) is 13.8 Å². The predicted molar refractivity (Wildman–Crippen MR) is 132 cm³/mol. The van der Waals surface area contributed by atoms with Crippen LogP contribution in [0.3, 0.4) is 0 Å². The van der Waals surface area contributed by atoms with Gasteiger partial charge in [0.1, 0.15) is 6.04 Å². The molecular weight excluding hydrogens is 484 g/mol. The van der Waals surface area contributed by atoms with Crippen molar-refractivity contribution < 1.29 is 23.1 Å². The highest BCUT2D eigenvalue weighted by molar-refractivity contribution is 7.99. The third-order valence-corrected chi connectivity index (χ3v) is 8.26. The maximum absolute atomic E-state index is 13.5. The zero-order valence-corrected chi connectivity index (χ0v) is 21.2. The SMILES string of the molecule is CC(C)[C@H](C(=O)O)N(CCN1CCOCC1)S(=O)(=O)c1ccc(Sc2ccccc2)cc1.Cl. The van der Waals surface area contributed by atoms with Crippen molar-refractivity contribution in [2.45, 2.75) is 34.6 Å². The summed E-state index contributed by atoms with van der Waals surface area (Å²) in [6.45, 7) is 6.64. The summed E-state index contributed by atoms with van der Waals surface area (Å²) in [6, 6.07) is 15.3. The molecule has 2 aromatic rings. The lowest BCUT2D eigenvalue weighted by Gasteiger charge is -2.33. The van der Waals surface area contributed by atoms with Crippen molar-refractivity contribution in [2.75, 3.05) is 39.4 Å². The number of nitrogens with zero attached hydrogens (tertiary/aromatic N) is 2. The number of carboxylic acids is 1. The molecule has 1 heterocycles. The summed E-state index contributed by atoms with van der Waals surface area (Å²) in [5.41, 5.74) is 0. The van der Waals surface area contributed by atoms with E-state index in [4.69, 9.17) is 4.74 Å². The van der Waals surface area contributed by atoms with Crippen LogP contribution in [0.15, 0.2) is 69.3 Å². The van der Waals surface area contributed by atoms with Crippen molar-refractivity contribution in [3.8, 4) is 0 Å². The molecule has 0 unspecified atom stereocenters. The summed E-state index contributed by atoms with van der Waals surface area (Å²) in [4.78, 5) is 16.2. The Hall–Kier alpha value is -1.62. The van der Waals surface area contributed by atoms with Gasteiger partial charge in [0.15, 0.2) is 0 Å². The van der Waals surface area contributed by atoms with Crippen LogP contribution in [0.5, 0.6) is 0 Å². The number of sulfonamides is 1. The van der Waals surface area contributed by atoms with Crippen LogP contribution in [-0.4, -0.2) is 74.1 Å². The molecule has 0 aliphatic carbocycles. The Morgan fingerprint density at radius 1 is 1.06 bits per heavy atom. The molecule has 1 aliphatic rings. The Kier molecular flexibility index (Phi) is 10.7. The number of halogens is 1. The van der Waals surface area contributed by atoms with Crippen molar-refractivity contribution in [1.29, 1.82) is 0 Å². The van der Waals surface area contributed by atoms with Gasteiger partial charge in [0, 0.05) is 36.0 Å². The van der Waals surface area contributed by atoms with E-state index in [1.165, 1.54) is 11.8 Å². The second-order valence-electron chi connectivity index (χ2n) is 7.98. The van der Waals surface area contributed by atoms with E-state index < -0.39 is 22.0 Å². The Labute approximate surface area is 206 Å². The van der Waals surface area contributed by atoms with E-state index in [2.05, 4.69) is 4.90 Å². The Balaban J connectivity index is 0.00000385. The number of hydrogen-bond donors (Lipinski definition) is 1. The first-order chi connectivity index (χ1) is 15.3. The van der Waals surface area contributed by atoms with Crippen molar-refractivity contribution in [1.82, 2.24) is 9.21 Å². The van der Waals surface area contributed by atoms with Crippen LogP contribution >= 0.6 is 24.2 Å². The lowest BCUT2D eigenvalue weighted by Crippen LogP contribution is -2.51. The Morgan fingerprint density at radius 2 is 1.64 bits per heavy atom. The average Bonchev–Trinajstić information content (AvgIpc) is 2.77. The van der Waals surface area contributed by atoms with Crippen LogP contribution in [-0.2, 0) is 19.6 Å². The number of ether oxygens (including phenoxy) is 1. The molecule has 0 saturated carbocycles. The topological polar surface area (TPSA) is 87.2 Å². The summed E-state index contributed by atoms with van der Waals surface area (Å²) in [6.07, 6.45) is 0. The largest absolute Gasteiger partial charge is 0.480 e. The standard InChI is InChI=1S/C23H30N2O5S2.ClH/c1-18(2)22(23(26)27)25(13-12-24-14-16-30-17-15-24)32(28,29)21-10-8-20(9-11-21)31-19-6-4-3-5-7-19;/h3-11,18,22H,12-17H2,1-2H3,(H,26,27);1H/t22-;/m1./s1. The van der Waals surface area contributed by atoms with E-state index in [-0.39, 0.29) is 29.8 Å². The molecule has 1 saturated heterocycles. The number of rotatable bonds is 10. The fourth-order valence-corrected chi connectivity index (χ4v) is 6.20. The van der Waals surface area contributed by atoms with E-state index in [0.717, 1.165) is 14.1 Å². The van der Waals surface area contributed by atoms with Gasteiger partial charge in [-0.3, -0.25) is 9.69 Å². The molecule has 1 fully saturated rings. The van der Waals surface area contributed by atoms with E-state index in [1.807, 2.05) is 30.3 Å². The molecule has 0 radical (unpaired) electrons. The van der Waals surface area contributed by atoms with E-state index in [1.54, 1.807) is 38.1 Å². The van der Waals surface area contributed by atoms with Crippen molar-refractivity contribution >= 4 is 40.2 Å². The van der Waals surface area contributed by atoms with Gasteiger partial charge >= 0.3 is 5.97 Å². The predicted octanol–water partition coefficient (Wildman–Crippen LogP) is 3.69. The Bertz CT molecular complexity index is 982. The first kappa shape index (κ1) is 27.6. The minimum Gasteiger partial charge on any atom is -0.480 e. The molecular formula is C23H31ClN2O5S2. The first-order valence-corrected chi connectivity index (χ1v) is 12.9. The van der Waals surface area contributed by atoms with Gasteiger partial charge in [-0.15, -0.1) is 12.4 Å². The van der Waals surface area contributed by atoms with Gasteiger partial charge in [-0.1, -0.05) is 43.8 Å². The molecule has 33 heavy (non-hydrogen) atoms. The lowest BCUT2D eigenvalue weighted by atomic mass is 10.0. The van der Waals surface area contributed by atoms with Gasteiger partial charge in [-0.25, -0.2) is 8.42 Å². The Morgan fingerprint density at radius 3 is 2.18 bits per heavy atom. The highest BCUT2D eigenvalue weighted by Gasteiger charge is 2.38. The van der Waals surface area contributed by atoms with Crippen molar-refractivity contribution in [3.05, 3.63) is 54.6 Å². The van der Waals surface area contributed by atoms with Crippen molar-refractivity contribution in [2.24, 2.45) is 5.92 Å². The van der Waals surface area contributed by atoms with Crippen LogP contribution in [0, 0.1) is 5.92 Å². The van der Waals surface area contributed by atoms with E-state index in [0.29, 0.717) is 32.8 Å². The molecule has 3 rings (SSSR count). The summed E-state index contributed by atoms with van der Waals surface area (Å²) in [5, 5.41) is 9.83. The molecule has 182 valence electrons. The molecule has 2 aromatic carbocycles. The zero-order chi connectivity index (χ0) is 23.1. The minimum atomic E-state index is -4.00. The average molecular weight is 515 g/mol. The highest BCUT2D eigenvalue weighted by Crippen LogP contribution is 2.29. The van der Waals surface area contributed by atoms with Gasteiger partial charge < -0.3 is 9.84 Å². The molecule has 0 aromatic heterocycles. The summed E-state index contributed by atoms with van der Waals surface area (Å²) >= 11 is 1.54. The van der Waals surface area contributed by atoms with Gasteiger partial charge in [0.2, 0.25) is 10.0 Å². The minimum absolute atomic E-state index is 0. The highest BCUT2D eigenvalue weighted by atomic mass is 35.5. The first-order valence-electron chi connectivity index (χ1n) is 10.7. The number of carbonyl (C=O) groups is 1. The number of benzene rings is 2. The van der Waals surface area contributed by atoms with Gasteiger partial charge in [0.25, 0.3) is 0 Å². The lowest BCUT2D eigenvalue weighted by molar-refractivity contribution is -0.143. The number of hydrogen-bond acceptors (Lipinski definition) is 6. The van der Waals surface area contributed by atoms with Crippen molar-refractivity contribution in [3.63, 3.8) is 0 Å². The summed E-state index contributed by atoms with van der Waals surface area (Å²) in [7, 11) is -4.00. The van der Waals surface area contributed by atoms with Gasteiger partial charge in [0.05, 0.1) is 18.1 Å². The third kappa shape index (κ3) is 7.43. The quantitative estimate of drug-likeness (QED) is 0.517. The number of carboxylic acid groups (broad SMARTS) is 1. The summed E-state index contributed by atoms with van der Waals surface area (Å²) in [5.74, 6) is -1.51. The fourth-order valence-electron chi connectivity index (χ4n) is 3.65. The monoisotopic (exact) mass is 514 g/mol. The second kappa shape index (κ2) is 12.7. The molecule has 1 atom stereocenters. The molecule has 10 heteroatoms. The molecule has 7 nitrogen and oxygen atoms in total. The molecule has 0 amide bonds. The number of aliphatic carboxylic acids is 1. The molecule has 1 aliphatic heterocycles. The molecule has 1 N–H and O–H groups in total. The maximum Gasteiger partial charge on any atom is 0.322 e. The smallest absolute Gasteiger partial charge is 0.322 e. The normalized spacial score (nSPS) is 15.9. The number of morpholine rings is 1. The molecule has 0 spiro atoms. The zero-order valence-electron chi connectivity index (χ0n) is 18.8. The maximum atomic E-state index is 13.5. The van der Waals surface area contributed by atoms with Crippen LogP contribution in [0.2, 0.25) is 0 Å². The van der Waals surface area contributed by atoms with Crippen LogP contribution < -0.4 is 0 Å². The van der Waals surface area contributed by atoms with Crippen LogP contribution in [0.4, 0.5) is 0 Å². The fraction of sp³-hybridized carbons (Fsp3) is 0.435. The van der Waals surface area contributed by atoms with E-state index in [9.17, 15) is 18.3 Å². The van der Waals surface area contributed by atoms with Gasteiger partial charge in [-0.2, -0.15) is 4.31 Å². The second-order valence-corrected chi connectivity index (χ2v) is 11.0.